The van der Waals surface area contributed by atoms with Gasteiger partial charge < -0.3 is 14.1 Å². The average molecular weight is 391 g/mol. The van der Waals surface area contributed by atoms with Crippen LogP contribution < -0.4 is 15.3 Å². The van der Waals surface area contributed by atoms with Crippen LogP contribution in [0.1, 0.15) is 12.5 Å². The van der Waals surface area contributed by atoms with Crippen molar-refractivity contribution in [1.82, 2.24) is 9.78 Å². The second-order valence-corrected chi connectivity index (χ2v) is 6.79. The minimum Gasteiger partial charge on any atom is -0.497 e. The Balaban J connectivity index is 1.74. The first kappa shape index (κ1) is 18.7. The van der Waals surface area contributed by atoms with Gasteiger partial charge in [-0.25, -0.2) is 4.79 Å². The van der Waals surface area contributed by atoms with Gasteiger partial charge >= 0.3 is 5.63 Å². The maximum Gasteiger partial charge on any atom is 0.347 e. The van der Waals surface area contributed by atoms with E-state index < -0.39 is 5.63 Å². The average Bonchev–Trinajstić information content (AvgIpc) is 3.14. The normalized spacial score (nSPS) is 11.1. The number of benzene rings is 2. The van der Waals surface area contributed by atoms with Gasteiger partial charge in [-0.05, 0) is 50.2 Å². The van der Waals surface area contributed by atoms with E-state index in [-0.39, 0.29) is 12.5 Å². The number of carbonyl (C=O) groups excluding carboxylic acids is 1. The van der Waals surface area contributed by atoms with Gasteiger partial charge in [0.2, 0.25) is 5.91 Å². The van der Waals surface area contributed by atoms with Crippen molar-refractivity contribution >= 4 is 33.5 Å². The van der Waals surface area contributed by atoms with Gasteiger partial charge in [-0.1, -0.05) is 11.6 Å². The van der Waals surface area contributed by atoms with Crippen LogP contribution in [0.15, 0.2) is 57.9 Å². The van der Waals surface area contributed by atoms with E-state index in [1.54, 1.807) is 22.8 Å². The fourth-order valence-corrected chi connectivity index (χ4v) is 3.49. The van der Waals surface area contributed by atoms with Crippen molar-refractivity contribution in [2.75, 3.05) is 18.6 Å². The molecule has 2 heterocycles. The number of carbonyl (C=O) groups is 1. The number of fused-ring (bicyclic) bond motifs is 3. The second-order valence-electron chi connectivity index (χ2n) is 6.79. The Kier molecular flexibility index (Phi) is 4.80. The molecule has 148 valence electrons. The maximum atomic E-state index is 13.1. The van der Waals surface area contributed by atoms with E-state index in [0.29, 0.717) is 23.0 Å². The smallest absolute Gasteiger partial charge is 0.347 e. The molecule has 0 aliphatic rings. The maximum absolute atomic E-state index is 13.1. The minimum atomic E-state index is -0.461. The quantitative estimate of drug-likeness (QED) is 0.487. The Bertz CT molecular complexity index is 1260. The lowest BCUT2D eigenvalue weighted by molar-refractivity contribution is -0.119. The lowest BCUT2D eigenvalue weighted by atomic mass is 10.1. The number of nitrogens with zero attached hydrogens (tertiary/aromatic N) is 3. The zero-order valence-corrected chi connectivity index (χ0v) is 16.5. The SMILES string of the molecule is CCN(C(=O)Cn1ncc2c(=O)oc3ccc(C)cc3c21)c1ccc(OC)cc1. The van der Waals surface area contributed by atoms with Crippen LogP contribution in [0.3, 0.4) is 0 Å². The Morgan fingerprint density at radius 2 is 1.93 bits per heavy atom. The van der Waals surface area contributed by atoms with E-state index in [4.69, 9.17) is 9.15 Å². The largest absolute Gasteiger partial charge is 0.497 e. The topological polar surface area (TPSA) is 77.6 Å². The molecule has 7 nitrogen and oxygen atoms in total. The number of methoxy groups -OCH3 is 1. The van der Waals surface area contributed by atoms with Gasteiger partial charge in [-0.3, -0.25) is 9.48 Å². The van der Waals surface area contributed by atoms with E-state index in [1.165, 1.54) is 6.20 Å². The summed E-state index contributed by atoms with van der Waals surface area (Å²) < 4.78 is 12.1. The molecule has 0 radical (unpaired) electrons. The molecule has 7 heteroatoms. The van der Waals surface area contributed by atoms with Crippen molar-refractivity contribution in [2.45, 2.75) is 20.4 Å². The van der Waals surface area contributed by atoms with Gasteiger partial charge in [0.15, 0.2) is 0 Å². The van der Waals surface area contributed by atoms with Crippen LogP contribution >= 0.6 is 0 Å². The number of anilines is 1. The number of aryl methyl sites for hydroxylation is 1. The van der Waals surface area contributed by atoms with Gasteiger partial charge in [0.25, 0.3) is 0 Å². The van der Waals surface area contributed by atoms with E-state index in [9.17, 15) is 9.59 Å². The third kappa shape index (κ3) is 3.35. The van der Waals surface area contributed by atoms with E-state index in [2.05, 4.69) is 5.10 Å². The number of ether oxygens (including phenoxy) is 1. The molecular formula is C22H21N3O4. The highest BCUT2D eigenvalue weighted by molar-refractivity contribution is 6.03. The predicted molar refractivity (Wildman–Crippen MR) is 112 cm³/mol. The molecule has 4 rings (SSSR count). The molecule has 0 aliphatic heterocycles. The van der Waals surface area contributed by atoms with E-state index >= 15 is 0 Å². The van der Waals surface area contributed by atoms with E-state index in [1.807, 2.05) is 50.2 Å². The first-order valence-electron chi connectivity index (χ1n) is 9.35. The Morgan fingerprint density at radius 3 is 2.62 bits per heavy atom. The summed E-state index contributed by atoms with van der Waals surface area (Å²) in [6.45, 7) is 4.39. The molecule has 2 aromatic heterocycles. The summed E-state index contributed by atoms with van der Waals surface area (Å²) in [7, 11) is 1.60. The second kappa shape index (κ2) is 7.43. The lowest BCUT2D eigenvalue weighted by Crippen LogP contribution is -2.33. The summed E-state index contributed by atoms with van der Waals surface area (Å²) >= 11 is 0. The van der Waals surface area contributed by atoms with Crippen molar-refractivity contribution < 1.29 is 13.9 Å². The molecular weight excluding hydrogens is 370 g/mol. The first-order chi connectivity index (χ1) is 14.0. The number of rotatable bonds is 5. The summed E-state index contributed by atoms with van der Waals surface area (Å²) in [6, 6.07) is 12.9. The number of amides is 1. The molecule has 0 atom stereocenters. The molecule has 0 unspecified atom stereocenters. The van der Waals surface area contributed by atoms with Crippen LogP contribution in [-0.4, -0.2) is 29.3 Å². The molecule has 29 heavy (non-hydrogen) atoms. The molecule has 0 aliphatic carbocycles. The van der Waals surface area contributed by atoms with Crippen LogP contribution in [-0.2, 0) is 11.3 Å². The molecule has 2 aromatic carbocycles. The van der Waals surface area contributed by atoms with Crippen molar-refractivity contribution in [1.29, 1.82) is 0 Å². The fraction of sp³-hybridized carbons (Fsp3) is 0.227. The molecule has 0 fully saturated rings. The molecule has 0 saturated carbocycles. The van der Waals surface area contributed by atoms with Crippen molar-refractivity contribution in [3.63, 3.8) is 0 Å². The van der Waals surface area contributed by atoms with Gasteiger partial charge in [0.05, 0.1) is 18.8 Å². The van der Waals surface area contributed by atoms with Gasteiger partial charge in [0, 0.05) is 17.6 Å². The number of likely N-dealkylation sites (N-methyl/N-ethyl adjacent to an activating group) is 1. The number of aromatic nitrogens is 2. The van der Waals surface area contributed by atoms with E-state index in [0.717, 1.165) is 22.4 Å². The highest BCUT2D eigenvalue weighted by Gasteiger charge is 2.19. The molecule has 0 bridgehead atoms. The standard InChI is InChI=1S/C22H21N3O4/c1-4-24(15-6-8-16(28-3)9-7-15)20(26)13-25-21-17-11-14(2)5-10-19(17)29-22(27)18(21)12-23-25/h5-12H,4,13H2,1-3H3. The molecule has 0 N–H and O–H groups in total. The predicted octanol–water partition coefficient (Wildman–Crippen LogP) is 3.51. The van der Waals surface area contributed by atoms with Crippen molar-refractivity contribution in [2.24, 2.45) is 0 Å². The highest BCUT2D eigenvalue weighted by Crippen LogP contribution is 2.25. The highest BCUT2D eigenvalue weighted by atomic mass is 16.5. The summed E-state index contributed by atoms with van der Waals surface area (Å²) in [5.74, 6) is 0.598. The third-order valence-electron chi connectivity index (χ3n) is 4.94. The lowest BCUT2D eigenvalue weighted by Gasteiger charge is -2.21. The van der Waals surface area contributed by atoms with Crippen LogP contribution in [0.2, 0.25) is 0 Å². The monoisotopic (exact) mass is 391 g/mol. The Morgan fingerprint density at radius 1 is 1.17 bits per heavy atom. The zero-order valence-electron chi connectivity index (χ0n) is 16.5. The molecule has 0 spiro atoms. The summed E-state index contributed by atoms with van der Waals surface area (Å²) in [5, 5.41) is 5.43. The molecule has 1 amide bonds. The van der Waals surface area contributed by atoms with Gasteiger partial charge in [-0.15, -0.1) is 0 Å². The Labute approximate surface area is 167 Å². The Hall–Kier alpha value is -3.61. The first-order valence-corrected chi connectivity index (χ1v) is 9.35. The van der Waals surface area contributed by atoms with Crippen molar-refractivity contribution in [3.8, 4) is 5.75 Å². The molecule has 4 aromatic rings. The summed E-state index contributed by atoms with van der Waals surface area (Å²) in [5.41, 5.74) is 2.43. The fourth-order valence-electron chi connectivity index (χ4n) is 3.49. The van der Waals surface area contributed by atoms with Gasteiger partial charge in [0.1, 0.15) is 23.3 Å². The van der Waals surface area contributed by atoms with Crippen LogP contribution in [0.5, 0.6) is 5.75 Å². The third-order valence-corrected chi connectivity index (χ3v) is 4.94. The van der Waals surface area contributed by atoms with Crippen molar-refractivity contribution in [3.05, 3.63) is 64.6 Å². The minimum absolute atomic E-state index is 0.00979. The van der Waals surface area contributed by atoms with Gasteiger partial charge in [-0.2, -0.15) is 5.10 Å². The zero-order chi connectivity index (χ0) is 20.5. The number of hydrogen-bond donors (Lipinski definition) is 0. The van der Waals surface area contributed by atoms with Crippen LogP contribution in [0.4, 0.5) is 5.69 Å². The van der Waals surface area contributed by atoms with Crippen LogP contribution in [0.25, 0.3) is 21.9 Å². The number of hydrogen-bond acceptors (Lipinski definition) is 5. The summed E-state index contributed by atoms with van der Waals surface area (Å²) in [6.07, 6.45) is 1.46. The summed E-state index contributed by atoms with van der Waals surface area (Å²) in [4.78, 5) is 27.1. The van der Waals surface area contributed by atoms with Crippen LogP contribution in [0, 0.1) is 6.92 Å². The molecule has 0 saturated heterocycles.